The molecule has 0 saturated carbocycles. The highest BCUT2D eigenvalue weighted by molar-refractivity contribution is 7.22. The Balaban J connectivity index is 1.41. The van der Waals surface area contributed by atoms with Gasteiger partial charge in [0.1, 0.15) is 4.70 Å². The van der Waals surface area contributed by atoms with E-state index in [-0.39, 0.29) is 24.4 Å². The second-order valence-electron chi connectivity index (χ2n) is 10.6. The number of likely N-dealkylation sites (N-methyl/N-ethyl adjacent to an activating group) is 1. The highest BCUT2D eigenvalue weighted by Crippen LogP contribution is 2.33. The minimum Gasteiger partial charge on any atom is -0.390 e. The molecule has 0 radical (unpaired) electrons. The maximum atomic E-state index is 13.7. The summed E-state index contributed by atoms with van der Waals surface area (Å²) in [5, 5.41) is 18.8. The molecule has 0 spiro atoms. The van der Waals surface area contributed by atoms with Crippen LogP contribution in [0.5, 0.6) is 0 Å². The standard InChI is InChI=1S/C25H33N7O3S/c1-25(2,3)32-21-20(36-24(26-21)27-22(34)16-8-6-5-7-9-16)19(28-32)23(35)31-14-17(18(33)15-31)30-12-10-29(4)11-13-30/h5-9,17-18,33H,10-15H2,1-4H3,(H,26,27,34)/t17-,18-/m1/s1. The Morgan fingerprint density at radius 1 is 1.08 bits per heavy atom. The van der Waals surface area contributed by atoms with Gasteiger partial charge in [0.25, 0.3) is 11.8 Å². The number of aliphatic hydroxyl groups excluding tert-OH is 1. The fourth-order valence-electron chi connectivity index (χ4n) is 4.82. The third kappa shape index (κ3) is 4.75. The van der Waals surface area contributed by atoms with E-state index in [1.54, 1.807) is 33.8 Å². The number of piperazine rings is 1. The molecule has 2 aliphatic rings. The quantitative estimate of drug-likeness (QED) is 0.551. The van der Waals surface area contributed by atoms with Crippen molar-refractivity contribution >= 4 is 38.6 Å². The lowest BCUT2D eigenvalue weighted by atomic mass is 10.1. The maximum Gasteiger partial charge on any atom is 0.276 e. The van der Waals surface area contributed by atoms with Crippen molar-refractivity contribution in [2.75, 3.05) is 51.6 Å². The molecule has 2 atom stereocenters. The van der Waals surface area contributed by atoms with Gasteiger partial charge in [-0.3, -0.25) is 19.8 Å². The van der Waals surface area contributed by atoms with Crippen molar-refractivity contribution in [3.05, 3.63) is 41.6 Å². The second-order valence-corrected chi connectivity index (χ2v) is 11.6. The van der Waals surface area contributed by atoms with Crippen LogP contribution in [0.25, 0.3) is 10.3 Å². The Morgan fingerprint density at radius 3 is 2.44 bits per heavy atom. The number of hydrogen-bond acceptors (Lipinski definition) is 8. The highest BCUT2D eigenvalue weighted by atomic mass is 32.1. The number of likely N-dealkylation sites (tertiary alicyclic amines) is 1. The van der Waals surface area contributed by atoms with Gasteiger partial charge in [-0.2, -0.15) is 10.1 Å². The minimum atomic E-state index is -0.597. The van der Waals surface area contributed by atoms with Crippen LogP contribution in [0.3, 0.4) is 0 Å². The summed E-state index contributed by atoms with van der Waals surface area (Å²) in [5.74, 6) is -0.476. The third-order valence-corrected chi connectivity index (χ3v) is 7.84. The summed E-state index contributed by atoms with van der Waals surface area (Å²) >= 11 is 1.25. The van der Waals surface area contributed by atoms with Gasteiger partial charge in [-0.1, -0.05) is 29.5 Å². The lowest BCUT2D eigenvalue weighted by Gasteiger charge is -2.37. The fraction of sp³-hybridized carbons (Fsp3) is 0.520. The number of carbonyl (C=O) groups excluding carboxylic acids is 2. The number of anilines is 1. The fourth-order valence-corrected chi connectivity index (χ4v) is 5.74. The zero-order valence-electron chi connectivity index (χ0n) is 21.1. The van der Waals surface area contributed by atoms with E-state index in [0.29, 0.717) is 33.3 Å². The molecule has 2 N–H and O–H groups in total. The van der Waals surface area contributed by atoms with Gasteiger partial charge in [-0.25, -0.2) is 4.68 Å². The lowest BCUT2D eigenvalue weighted by molar-refractivity contribution is 0.0512. The number of carbonyl (C=O) groups is 2. The molecular formula is C25H33N7O3S. The van der Waals surface area contributed by atoms with Crippen LogP contribution in [0, 0.1) is 0 Å². The number of hydrogen-bond donors (Lipinski definition) is 2. The number of amides is 2. The molecule has 0 unspecified atom stereocenters. The molecule has 36 heavy (non-hydrogen) atoms. The summed E-state index contributed by atoms with van der Waals surface area (Å²) in [4.78, 5) is 37.3. The van der Waals surface area contributed by atoms with Crippen LogP contribution < -0.4 is 5.32 Å². The van der Waals surface area contributed by atoms with Gasteiger partial charge >= 0.3 is 0 Å². The Bertz CT molecular complexity index is 1260. The Kier molecular flexibility index (Phi) is 6.58. The van der Waals surface area contributed by atoms with E-state index >= 15 is 0 Å². The number of aromatic nitrogens is 3. The largest absolute Gasteiger partial charge is 0.390 e. The van der Waals surface area contributed by atoms with Crippen molar-refractivity contribution < 1.29 is 14.7 Å². The summed E-state index contributed by atoms with van der Waals surface area (Å²) in [6.07, 6.45) is -0.597. The highest BCUT2D eigenvalue weighted by Gasteiger charge is 2.40. The predicted octanol–water partition coefficient (Wildman–Crippen LogP) is 1.93. The normalized spacial score (nSPS) is 21.9. The Morgan fingerprint density at radius 2 is 1.78 bits per heavy atom. The Labute approximate surface area is 214 Å². The zero-order valence-corrected chi connectivity index (χ0v) is 22.0. The van der Waals surface area contributed by atoms with E-state index in [1.165, 1.54) is 11.3 Å². The van der Waals surface area contributed by atoms with Crippen LogP contribution in [0.2, 0.25) is 0 Å². The number of rotatable bonds is 4. The van der Waals surface area contributed by atoms with E-state index in [0.717, 1.165) is 26.2 Å². The number of β-amino-alcohol motifs (C(OH)–C–C–N with tert-alkyl or cyclic N) is 1. The second kappa shape index (κ2) is 9.55. The summed E-state index contributed by atoms with van der Waals surface area (Å²) < 4.78 is 2.38. The van der Waals surface area contributed by atoms with Crippen molar-refractivity contribution in [2.45, 2.75) is 38.5 Å². The smallest absolute Gasteiger partial charge is 0.276 e. The number of nitrogens with one attached hydrogen (secondary N) is 1. The molecule has 2 aliphatic heterocycles. The molecule has 10 nitrogen and oxygen atoms in total. The molecule has 192 valence electrons. The molecule has 2 saturated heterocycles. The van der Waals surface area contributed by atoms with Crippen LogP contribution in [-0.4, -0.2) is 105 Å². The van der Waals surface area contributed by atoms with E-state index in [9.17, 15) is 14.7 Å². The molecule has 3 aromatic rings. The molecule has 2 amide bonds. The van der Waals surface area contributed by atoms with E-state index in [2.05, 4.69) is 32.2 Å². The summed E-state index contributed by atoms with van der Waals surface area (Å²) in [6.45, 7) is 10.4. The van der Waals surface area contributed by atoms with Crippen LogP contribution in [-0.2, 0) is 5.54 Å². The predicted molar refractivity (Wildman–Crippen MR) is 140 cm³/mol. The monoisotopic (exact) mass is 511 g/mol. The third-order valence-electron chi connectivity index (χ3n) is 6.87. The van der Waals surface area contributed by atoms with Crippen molar-refractivity contribution in [3.63, 3.8) is 0 Å². The molecule has 11 heteroatoms. The molecule has 2 aromatic heterocycles. The van der Waals surface area contributed by atoms with Crippen LogP contribution in [0.1, 0.15) is 41.6 Å². The van der Waals surface area contributed by atoms with Gasteiger partial charge in [-0.15, -0.1) is 0 Å². The van der Waals surface area contributed by atoms with Crippen molar-refractivity contribution in [3.8, 4) is 0 Å². The average molecular weight is 512 g/mol. The van der Waals surface area contributed by atoms with Crippen molar-refractivity contribution in [1.82, 2.24) is 29.5 Å². The molecule has 4 heterocycles. The SMILES string of the molecule is CN1CCN([C@@H]2CN(C(=O)c3nn(C(C)(C)C)c4nc(NC(=O)c5ccccc5)sc34)C[C@H]2O)CC1. The number of thiazole rings is 1. The minimum absolute atomic E-state index is 0.0787. The van der Waals surface area contributed by atoms with Crippen LogP contribution in [0.4, 0.5) is 5.13 Å². The summed E-state index contributed by atoms with van der Waals surface area (Å²) in [7, 11) is 2.10. The van der Waals surface area contributed by atoms with E-state index in [4.69, 9.17) is 0 Å². The first-order chi connectivity index (χ1) is 17.1. The topological polar surface area (TPSA) is 107 Å². The summed E-state index contributed by atoms with van der Waals surface area (Å²) in [5.41, 5.74) is 0.989. The molecule has 0 aliphatic carbocycles. The van der Waals surface area contributed by atoms with Crippen LogP contribution >= 0.6 is 11.3 Å². The molecular weight excluding hydrogens is 478 g/mol. The molecule has 2 fully saturated rings. The van der Waals surface area contributed by atoms with Gasteiger partial charge in [0.05, 0.1) is 17.7 Å². The first-order valence-corrected chi connectivity index (χ1v) is 13.1. The van der Waals surface area contributed by atoms with Crippen LogP contribution in [0.15, 0.2) is 30.3 Å². The van der Waals surface area contributed by atoms with E-state index < -0.39 is 11.6 Å². The number of aliphatic hydroxyl groups is 1. The number of nitrogens with zero attached hydrogens (tertiary/aromatic N) is 6. The molecule has 1 aromatic carbocycles. The average Bonchev–Trinajstić information content (AvgIpc) is 3.52. The van der Waals surface area contributed by atoms with Gasteiger partial charge < -0.3 is 14.9 Å². The first-order valence-electron chi connectivity index (χ1n) is 12.3. The van der Waals surface area contributed by atoms with Gasteiger partial charge in [0.2, 0.25) is 0 Å². The van der Waals surface area contributed by atoms with Crippen molar-refractivity contribution in [2.24, 2.45) is 0 Å². The van der Waals surface area contributed by atoms with Gasteiger partial charge in [-0.05, 0) is 40.0 Å². The summed E-state index contributed by atoms with van der Waals surface area (Å²) in [6, 6.07) is 8.87. The molecule has 5 rings (SSSR count). The molecule has 0 bridgehead atoms. The number of benzene rings is 1. The zero-order chi connectivity index (χ0) is 25.6. The lowest BCUT2D eigenvalue weighted by Crippen LogP contribution is -2.52. The maximum absolute atomic E-state index is 13.7. The van der Waals surface area contributed by atoms with Gasteiger partial charge in [0, 0.05) is 44.8 Å². The van der Waals surface area contributed by atoms with E-state index in [1.807, 2.05) is 26.8 Å². The van der Waals surface area contributed by atoms with Gasteiger partial charge in [0.15, 0.2) is 16.5 Å². The first kappa shape index (κ1) is 24.8. The number of fused-ring (bicyclic) bond motifs is 1. The Hall–Kier alpha value is -2.86. The van der Waals surface area contributed by atoms with Crippen molar-refractivity contribution in [1.29, 1.82) is 0 Å².